The van der Waals surface area contributed by atoms with Crippen LogP contribution in [-0.4, -0.2) is 17.9 Å². The summed E-state index contributed by atoms with van der Waals surface area (Å²) in [6.07, 6.45) is 6.07. The number of rotatable bonds is 2. The van der Waals surface area contributed by atoms with E-state index >= 15 is 0 Å². The van der Waals surface area contributed by atoms with Crippen molar-refractivity contribution in [2.24, 2.45) is 11.1 Å². The van der Waals surface area contributed by atoms with Gasteiger partial charge in [-0.3, -0.25) is 4.79 Å². The summed E-state index contributed by atoms with van der Waals surface area (Å²) < 4.78 is 0. The van der Waals surface area contributed by atoms with E-state index in [2.05, 4.69) is 5.32 Å². The van der Waals surface area contributed by atoms with E-state index in [-0.39, 0.29) is 5.91 Å². The van der Waals surface area contributed by atoms with Crippen molar-refractivity contribution in [3.8, 4) is 0 Å². The number of carbonyl (C=O) groups excluding carboxylic acids is 1. The predicted octanol–water partition coefficient (Wildman–Crippen LogP) is 1.36. The Morgan fingerprint density at radius 3 is 2.14 bits per heavy atom. The normalized spacial score (nSPS) is 20.9. The zero-order chi connectivity index (χ0) is 10.6. The second-order valence-corrected chi connectivity index (χ2v) is 4.38. The molecule has 1 aliphatic rings. The molecule has 0 radical (unpaired) electrons. The van der Waals surface area contributed by atoms with Crippen LogP contribution in [0, 0.1) is 5.41 Å². The van der Waals surface area contributed by atoms with Crippen LogP contribution in [0.2, 0.25) is 0 Å². The Hall–Kier alpha value is -0.640. The fourth-order valence-corrected chi connectivity index (χ4v) is 2.45. The van der Waals surface area contributed by atoms with Gasteiger partial charge in [-0.2, -0.15) is 0 Å². The molecule has 0 aromatic heterocycles. The van der Waals surface area contributed by atoms with Crippen molar-refractivity contribution in [2.75, 3.05) is 7.05 Å². The van der Waals surface area contributed by atoms with E-state index in [0.717, 1.165) is 25.7 Å². The summed E-state index contributed by atoms with van der Waals surface area (Å²) in [4.78, 5) is 12.2. The predicted molar refractivity (Wildman–Crippen MR) is 61.0 cm³/mol. The fourth-order valence-electron chi connectivity index (χ4n) is 2.16. The second-order valence-electron chi connectivity index (χ2n) is 3.94. The number of nitrogens with one attached hydrogen (secondary N) is 1. The number of hydrogen-bond donors (Lipinski definition) is 2. The molecule has 0 aromatic carbocycles. The number of thiocarbonyl (C=S) groups is 1. The Balaban J connectivity index is 2.88. The van der Waals surface area contributed by atoms with Crippen molar-refractivity contribution in [3.63, 3.8) is 0 Å². The molecule has 0 spiro atoms. The summed E-state index contributed by atoms with van der Waals surface area (Å²) in [7, 11) is 1.65. The molecule has 0 aromatic rings. The van der Waals surface area contributed by atoms with Crippen molar-refractivity contribution in [1.29, 1.82) is 0 Å². The number of nitrogens with two attached hydrogens (primary N) is 1. The van der Waals surface area contributed by atoms with Gasteiger partial charge < -0.3 is 11.1 Å². The molecular weight excluding hydrogens is 196 g/mol. The lowest BCUT2D eigenvalue weighted by molar-refractivity contribution is -0.127. The summed E-state index contributed by atoms with van der Waals surface area (Å²) in [5, 5.41) is 2.68. The molecule has 0 aliphatic heterocycles. The van der Waals surface area contributed by atoms with E-state index in [9.17, 15) is 4.79 Å². The summed E-state index contributed by atoms with van der Waals surface area (Å²) in [6, 6.07) is 0. The minimum Gasteiger partial charge on any atom is -0.392 e. The van der Waals surface area contributed by atoms with Crippen LogP contribution in [0.3, 0.4) is 0 Å². The smallest absolute Gasteiger partial charge is 0.232 e. The average molecular weight is 214 g/mol. The third-order valence-electron chi connectivity index (χ3n) is 3.09. The molecule has 3 N–H and O–H groups in total. The van der Waals surface area contributed by atoms with Crippen LogP contribution in [0.15, 0.2) is 0 Å². The van der Waals surface area contributed by atoms with Gasteiger partial charge in [-0.25, -0.2) is 0 Å². The number of carbonyl (C=O) groups is 1. The largest absolute Gasteiger partial charge is 0.392 e. The molecule has 14 heavy (non-hydrogen) atoms. The van der Waals surface area contributed by atoms with E-state index in [0.29, 0.717) is 4.99 Å². The van der Waals surface area contributed by atoms with Crippen LogP contribution in [0.1, 0.15) is 38.5 Å². The van der Waals surface area contributed by atoms with Gasteiger partial charge >= 0.3 is 0 Å². The maximum absolute atomic E-state index is 11.8. The third kappa shape index (κ3) is 2.05. The first-order valence-corrected chi connectivity index (χ1v) is 5.56. The average Bonchev–Trinajstić information content (AvgIpc) is 2.42. The Bertz CT molecular complexity index is 232. The number of amides is 1. The molecule has 0 saturated heterocycles. The highest BCUT2D eigenvalue weighted by Crippen LogP contribution is 2.35. The van der Waals surface area contributed by atoms with Gasteiger partial charge in [-0.15, -0.1) is 0 Å². The lowest BCUT2D eigenvalue weighted by atomic mass is 9.79. The van der Waals surface area contributed by atoms with E-state index in [1.54, 1.807) is 7.05 Å². The van der Waals surface area contributed by atoms with Crippen molar-refractivity contribution < 1.29 is 4.79 Å². The molecule has 0 heterocycles. The van der Waals surface area contributed by atoms with E-state index in [1.165, 1.54) is 12.8 Å². The van der Waals surface area contributed by atoms with Crippen LogP contribution in [0.25, 0.3) is 0 Å². The SMILES string of the molecule is CNC(=O)C1(C(N)=S)CCCCCC1. The zero-order valence-electron chi connectivity index (χ0n) is 8.64. The molecular formula is C10H18N2OS. The van der Waals surface area contributed by atoms with Gasteiger partial charge in [0.25, 0.3) is 0 Å². The molecule has 1 fully saturated rings. The first-order chi connectivity index (χ1) is 6.63. The molecule has 4 heteroatoms. The first kappa shape index (κ1) is 11.4. The molecule has 0 atom stereocenters. The molecule has 1 aliphatic carbocycles. The van der Waals surface area contributed by atoms with Crippen LogP contribution >= 0.6 is 12.2 Å². The Labute approximate surface area is 90.4 Å². The lowest BCUT2D eigenvalue weighted by Gasteiger charge is -2.29. The highest BCUT2D eigenvalue weighted by Gasteiger charge is 2.40. The van der Waals surface area contributed by atoms with Gasteiger partial charge in [0.1, 0.15) is 0 Å². The van der Waals surface area contributed by atoms with Crippen molar-refractivity contribution in [3.05, 3.63) is 0 Å². The van der Waals surface area contributed by atoms with Gasteiger partial charge in [0.15, 0.2) is 0 Å². The van der Waals surface area contributed by atoms with Gasteiger partial charge in [-0.1, -0.05) is 37.9 Å². The van der Waals surface area contributed by atoms with Gasteiger partial charge in [-0.05, 0) is 12.8 Å². The maximum Gasteiger partial charge on any atom is 0.232 e. The zero-order valence-corrected chi connectivity index (χ0v) is 9.45. The molecule has 1 amide bonds. The monoisotopic (exact) mass is 214 g/mol. The highest BCUT2D eigenvalue weighted by atomic mass is 32.1. The Morgan fingerprint density at radius 2 is 1.79 bits per heavy atom. The molecule has 80 valence electrons. The lowest BCUT2D eigenvalue weighted by Crippen LogP contribution is -2.47. The van der Waals surface area contributed by atoms with Crippen LogP contribution < -0.4 is 11.1 Å². The van der Waals surface area contributed by atoms with Crippen molar-refractivity contribution in [2.45, 2.75) is 38.5 Å². The molecule has 3 nitrogen and oxygen atoms in total. The molecule has 1 saturated carbocycles. The van der Waals surface area contributed by atoms with E-state index in [1.807, 2.05) is 0 Å². The van der Waals surface area contributed by atoms with Gasteiger partial charge in [0, 0.05) is 7.05 Å². The standard InChI is InChI=1S/C10H18N2OS/c1-12-9(13)10(8(11)14)6-4-2-3-5-7-10/h2-7H2,1H3,(H2,11,14)(H,12,13). The fraction of sp³-hybridized carbons (Fsp3) is 0.800. The minimum absolute atomic E-state index is 0.00750. The number of hydrogen-bond acceptors (Lipinski definition) is 2. The van der Waals surface area contributed by atoms with E-state index < -0.39 is 5.41 Å². The topological polar surface area (TPSA) is 55.1 Å². The third-order valence-corrected chi connectivity index (χ3v) is 3.48. The second kappa shape index (κ2) is 4.73. The molecule has 0 unspecified atom stereocenters. The quantitative estimate of drug-likeness (QED) is 0.539. The van der Waals surface area contributed by atoms with Crippen molar-refractivity contribution >= 4 is 23.1 Å². The molecule has 1 rings (SSSR count). The van der Waals surface area contributed by atoms with Gasteiger partial charge in [0.05, 0.1) is 10.4 Å². The summed E-state index contributed by atoms with van der Waals surface area (Å²) in [5.74, 6) is -0.00750. The highest BCUT2D eigenvalue weighted by molar-refractivity contribution is 7.80. The Morgan fingerprint density at radius 1 is 1.29 bits per heavy atom. The minimum atomic E-state index is -0.569. The van der Waals surface area contributed by atoms with Crippen molar-refractivity contribution in [1.82, 2.24) is 5.32 Å². The summed E-state index contributed by atoms with van der Waals surface area (Å²) in [5.41, 5.74) is 5.15. The Kier molecular flexibility index (Phi) is 3.86. The maximum atomic E-state index is 11.8. The van der Waals surface area contributed by atoms with Crippen LogP contribution in [0.5, 0.6) is 0 Å². The first-order valence-electron chi connectivity index (χ1n) is 5.15. The molecule has 0 bridgehead atoms. The van der Waals surface area contributed by atoms with E-state index in [4.69, 9.17) is 18.0 Å². The van der Waals surface area contributed by atoms with Gasteiger partial charge in [0.2, 0.25) is 5.91 Å². The summed E-state index contributed by atoms with van der Waals surface area (Å²) in [6.45, 7) is 0. The van der Waals surface area contributed by atoms with Crippen LogP contribution in [-0.2, 0) is 4.79 Å². The van der Waals surface area contributed by atoms with Crippen LogP contribution in [0.4, 0.5) is 0 Å². The summed E-state index contributed by atoms with van der Waals surface area (Å²) >= 11 is 5.05.